The second-order valence-electron chi connectivity index (χ2n) is 3.27. The molecule has 0 bridgehead atoms. The van der Waals surface area contributed by atoms with Gasteiger partial charge in [0.2, 0.25) is 0 Å². The summed E-state index contributed by atoms with van der Waals surface area (Å²) in [5.74, 6) is 0. The third-order valence-corrected chi connectivity index (χ3v) is 3.07. The van der Waals surface area contributed by atoms with Gasteiger partial charge < -0.3 is 5.32 Å². The average molecular weight is 220 g/mol. The fourth-order valence-corrected chi connectivity index (χ4v) is 1.89. The molecule has 1 aromatic rings. The molecule has 1 heterocycles. The lowest BCUT2D eigenvalue weighted by Crippen LogP contribution is -2.46. The van der Waals surface area contributed by atoms with Gasteiger partial charge in [-0.1, -0.05) is 6.92 Å². The van der Waals surface area contributed by atoms with Crippen LogP contribution in [0.2, 0.25) is 0 Å². The number of thiazole rings is 1. The maximum atomic E-state index is 12.9. The largest absolute Gasteiger partial charge is 0.301 e. The Balaban J connectivity index is 2.82. The van der Waals surface area contributed by atoms with E-state index in [1.54, 1.807) is 11.6 Å². The molecule has 1 aromatic heterocycles. The van der Waals surface area contributed by atoms with E-state index in [0.29, 0.717) is 11.6 Å². The molecule has 1 rings (SSSR count). The lowest BCUT2D eigenvalue weighted by atomic mass is 10.0. The molecule has 0 spiro atoms. The highest BCUT2D eigenvalue weighted by Crippen LogP contribution is 2.29. The number of halogens is 2. The molecule has 0 saturated carbocycles. The highest BCUT2D eigenvalue weighted by molar-refractivity contribution is 7.09. The molecule has 0 aliphatic carbocycles. The van der Waals surface area contributed by atoms with Gasteiger partial charge in [-0.2, -0.15) is 0 Å². The van der Waals surface area contributed by atoms with E-state index in [0.717, 1.165) is 6.42 Å². The minimum absolute atomic E-state index is 0.445. The molecule has 1 unspecified atom stereocenters. The summed E-state index contributed by atoms with van der Waals surface area (Å²) < 4.78 is 25.7. The topological polar surface area (TPSA) is 24.9 Å². The molecule has 0 saturated heterocycles. The van der Waals surface area contributed by atoms with Crippen molar-refractivity contribution in [2.24, 2.45) is 0 Å². The van der Waals surface area contributed by atoms with Crippen molar-refractivity contribution >= 4 is 11.3 Å². The predicted octanol–water partition coefficient (Wildman–Crippen LogP) is 2.62. The first-order chi connectivity index (χ1) is 6.61. The number of rotatable bonds is 5. The van der Waals surface area contributed by atoms with Crippen LogP contribution in [0.25, 0.3) is 0 Å². The summed E-state index contributed by atoms with van der Waals surface area (Å²) >= 11 is 1.26. The van der Waals surface area contributed by atoms with Crippen LogP contribution < -0.4 is 5.32 Å². The molecule has 80 valence electrons. The Hall–Kier alpha value is -0.550. The molecule has 2 nitrogen and oxygen atoms in total. The van der Waals surface area contributed by atoms with Crippen molar-refractivity contribution in [1.29, 1.82) is 0 Å². The van der Waals surface area contributed by atoms with Crippen molar-refractivity contribution in [3.05, 3.63) is 16.6 Å². The van der Waals surface area contributed by atoms with Gasteiger partial charge in [-0.25, -0.2) is 13.8 Å². The Bertz CT molecular complexity index is 264. The Morgan fingerprint density at radius 3 is 2.79 bits per heavy atom. The van der Waals surface area contributed by atoms with Crippen molar-refractivity contribution in [3.63, 3.8) is 0 Å². The monoisotopic (exact) mass is 220 g/mol. The summed E-state index contributed by atoms with van der Waals surface area (Å²) in [6.45, 7) is 4.01. The van der Waals surface area contributed by atoms with Gasteiger partial charge in [-0.15, -0.1) is 11.3 Å². The lowest BCUT2D eigenvalue weighted by molar-refractivity contribution is 0.0384. The highest BCUT2D eigenvalue weighted by atomic mass is 32.1. The minimum atomic E-state index is -2.44. The van der Waals surface area contributed by atoms with E-state index in [-0.39, 0.29) is 0 Å². The zero-order valence-corrected chi connectivity index (χ0v) is 9.07. The first-order valence-corrected chi connectivity index (χ1v) is 5.42. The number of nitrogens with one attached hydrogen (secondary N) is 1. The molecule has 0 radical (unpaired) electrons. The maximum absolute atomic E-state index is 12.9. The molecule has 1 atom stereocenters. The molecule has 14 heavy (non-hydrogen) atoms. The van der Waals surface area contributed by atoms with Gasteiger partial charge in [0, 0.05) is 11.6 Å². The Morgan fingerprint density at radius 1 is 1.64 bits per heavy atom. The van der Waals surface area contributed by atoms with Crippen molar-refractivity contribution in [2.75, 3.05) is 6.54 Å². The molecule has 0 aliphatic rings. The Morgan fingerprint density at radius 2 is 2.36 bits per heavy atom. The number of nitrogens with zero attached hydrogens (tertiary/aromatic N) is 1. The van der Waals surface area contributed by atoms with Crippen LogP contribution in [-0.4, -0.2) is 18.0 Å². The zero-order chi connectivity index (χ0) is 10.6. The van der Waals surface area contributed by atoms with Crippen LogP contribution in [0.1, 0.15) is 25.3 Å². The summed E-state index contributed by atoms with van der Waals surface area (Å²) in [4.78, 5) is 3.94. The summed E-state index contributed by atoms with van der Waals surface area (Å²) in [6, 6.07) is 0. The van der Waals surface area contributed by atoms with Crippen LogP contribution in [0.5, 0.6) is 0 Å². The van der Waals surface area contributed by atoms with E-state index in [2.05, 4.69) is 10.3 Å². The first-order valence-electron chi connectivity index (χ1n) is 4.54. The third kappa shape index (κ3) is 2.27. The van der Waals surface area contributed by atoms with Gasteiger partial charge in [0.25, 0.3) is 6.43 Å². The normalized spacial score (nSPS) is 15.8. The van der Waals surface area contributed by atoms with Crippen molar-refractivity contribution in [2.45, 2.75) is 32.2 Å². The average Bonchev–Trinajstić information content (AvgIpc) is 2.66. The van der Waals surface area contributed by atoms with Gasteiger partial charge in [-0.3, -0.25) is 0 Å². The van der Waals surface area contributed by atoms with Crippen LogP contribution in [0.15, 0.2) is 11.6 Å². The molecule has 1 N–H and O–H groups in total. The second-order valence-corrected chi connectivity index (χ2v) is 4.16. The van der Waals surface area contributed by atoms with Gasteiger partial charge >= 0.3 is 0 Å². The lowest BCUT2D eigenvalue weighted by Gasteiger charge is -2.27. The minimum Gasteiger partial charge on any atom is -0.301 e. The second kappa shape index (κ2) is 4.79. The van der Waals surface area contributed by atoms with Gasteiger partial charge in [-0.05, 0) is 19.9 Å². The molecule has 0 amide bonds. The highest BCUT2D eigenvalue weighted by Gasteiger charge is 2.38. The SMILES string of the molecule is CCCNC(C)(c1nccs1)C(F)F. The summed E-state index contributed by atoms with van der Waals surface area (Å²) in [5.41, 5.74) is -1.30. The zero-order valence-electron chi connectivity index (χ0n) is 8.26. The Kier molecular flexibility index (Phi) is 3.95. The van der Waals surface area contributed by atoms with Crippen molar-refractivity contribution in [1.82, 2.24) is 10.3 Å². The fraction of sp³-hybridized carbons (Fsp3) is 0.667. The van der Waals surface area contributed by atoms with E-state index in [4.69, 9.17) is 0 Å². The maximum Gasteiger partial charge on any atom is 0.262 e. The quantitative estimate of drug-likeness (QED) is 0.825. The van der Waals surface area contributed by atoms with Crippen LogP contribution in [0, 0.1) is 0 Å². The molecule has 0 fully saturated rings. The van der Waals surface area contributed by atoms with Crippen molar-refractivity contribution in [3.8, 4) is 0 Å². The Labute approximate surface area is 86.4 Å². The van der Waals surface area contributed by atoms with Crippen LogP contribution in [-0.2, 0) is 5.54 Å². The summed E-state index contributed by atoms with van der Waals surface area (Å²) in [5, 5.41) is 5.00. The van der Waals surface area contributed by atoms with E-state index < -0.39 is 12.0 Å². The number of hydrogen-bond donors (Lipinski definition) is 1. The van der Waals surface area contributed by atoms with Crippen molar-refractivity contribution < 1.29 is 8.78 Å². The third-order valence-electron chi connectivity index (χ3n) is 2.06. The van der Waals surface area contributed by atoms with E-state index in [9.17, 15) is 8.78 Å². The number of hydrogen-bond acceptors (Lipinski definition) is 3. The number of alkyl halides is 2. The smallest absolute Gasteiger partial charge is 0.262 e. The summed E-state index contributed by atoms with van der Waals surface area (Å²) in [7, 11) is 0. The standard InChI is InChI=1S/C9H14F2N2S/c1-3-4-13-9(2,7(10)11)8-12-5-6-14-8/h5-7,13H,3-4H2,1-2H3. The molecule has 0 aromatic carbocycles. The van der Waals surface area contributed by atoms with Gasteiger partial charge in [0.15, 0.2) is 0 Å². The van der Waals surface area contributed by atoms with E-state index in [1.165, 1.54) is 18.3 Å². The molecular formula is C9H14F2N2S. The van der Waals surface area contributed by atoms with E-state index >= 15 is 0 Å². The van der Waals surface area contributed by atoms with Gasteiger partial charge in [0.1, 0.15) is 10.5 Å². The van der Waals surface area contributed by atoms with Gasteiger partial charge in [0.05, 0.1) is 0 Å². The van der Waals surface area contributed by atoms with Crippen LogP contribution in [0.4, 0.5) is 8.78 Å². The first kappa shape index (κ1) is 11.5. The van der Waals surface area contributed by atoms with E-state index in [1.807, 2.05) is 6.92 Å². The fourth-order valence-electron chi connectivity index (χ4n) is 1.11. The van der Waals surface area contributed by atoms with Crippen LogP contribution >= 0.6 is 11.3 Å². The van der Waals surface area contributed by atoms with Crippen LogP contribution in [0.3, 0.4) is 0 Å². The molecule has 0 aliphatic heterocycles. The number of aromatic nitrogens is 1. The summed E-state index contributed by atoms with van der Waals surface area (Å²) in [6.07, 6.45) is -0.0673. The molecular weight excluding hydrogens is 206 g/mol. The predicted molar refractivity (Wildman–Crippen MR) is 53.8 cm³/mol. The molecule has 5 heteroatoms.